The Kier molecular flexibility index (Phi) is 5.60. The van der Waals surface area contributed by atoms with Crippen LogP contribution in [0.3, 0.4) is 0 Å². The fourth-order valence-corrected chi connectivity index (χ4v) is 3.46. The van der Waals surface area contributed by atoms with Gasteiger partial charge in [0, 0.05) is 23.7 Å². The van der Waals surface area contributed by atoms with Gasteiger partial charge in [0.25, 0.3) is 0 Å². The maximum absolute atomic E-state index is 4.21. The molecule has 3 nitrogen and oxygen atoms in total. The summed E-state index contributed by atoms with van der Waals surface area (Å²) in [6.45, 7) is 9.39. The van der Waals surface area contributed by atoms with Crippen LogP contribution in [0.15, 0.2) is 11.7 Å². The summed E-state index contributed by atoms with van der Waals surface area (Å²) < 4.78 is 0. The van der Waals surface area contributed by atoms with Crippen LogP contribution in [0.2, 0.25) is 0 Å². The summed E-state index contributed by atoms with van der Waals surface area (Å²) in [7, 11) is 0. The van der Waals surface area contributed by atoms with Crippen molar-refractivity contribution in [1.29, 1.82) is 0 Å². The highest BCUT2D eigenvalue weighted by molar-refractivity contribution is 7.09. The molecule has 2 rings (SSSR count). The van der Waals surface area contributed by atoms with Gasteiger partial charge in [0.15, 0.2) is 0 Å². The number of piperidine rings is 1. The molecule has 1 saturated heterocycles. The molecule has 0 saturated carbocycles. The molecule has 102 valence electrons. The normalized spacial score (nSPS) is 22.3. The third kappa shape index (κ3) is 3.77. The van der Waals surface area contributed by atoms with Crippen LogP contribution < -0.4 is 5.32 Å². The Morgan fingerprint density at radius 1 is 1.61 bits per heavy atom. The highest BCUT2D eigenvalue weighted by Crippen LogP contribution is 2.25. The molecule has 0 aromatic carbocycles. The Hall–Kier alpha value is -0.450. The number of aromatic nitrogens is 1. The Balaban J connectivity index is 1.93. The smallest absolute Gasteiger partial charge is 0.0794 e. The maximum atomic E-state index is 4.21. The first-order chi connectivity index (χ1) is 8.81. The molecule has 1 aliphatic heterocycles. The summed E-state index contributed by atoms with van der Waals surface area (Å²) in [6.07, 6.45) is 5.96. The van der Waals surface area contributed by atoms with Crippen molar-refractivity contribution in [2.24, 2.45) is 5.92 Å². The summed E-state index contributed by atoms with van der Waals surface area (Å²) >= 11 is 1.78. The number of thiazole rings is 1. The van der Waals surface area contributed by atoms with Gasteiger partial charge in [0.05, 0.1) is 5.51 Å². The summed E-state index contributed by atoms with van der Waals surface area (Å²) in [6, 6.07) is 0.513. The van der Waals surface area contributed by atoms with E-state index >= 15 is 0 Å². The minimum Gasteiger partial charge on any atom is -0.316 e. The molecule has 2 heterocycles. The van der Waals surface area contributed by atoms with Crippen molar-refractivity contribution >= 4 is 11.3 Å². The number of nitrogens with zero attached hydrogens (tertiary/aromatic N) is 2. The molecule has 4 heteroatoms. The maximum Gasteiger partial charge on any atom is 0.0794 e. The zero-order chi connectivity index (χ0) is 12.8. The van der Waals surface area contributed by atoms with E-state index in [2.05, 4.69) is 29.0 Å². The van der Waals surface area contributed by atoms with E-state index in [9.17, 15) is 0 Å². The Morgan fingerprint density at radius 2 is 2.50 bits per heavy atom. The SMILES string of the molecule is CCCN(CC1CCCNC1)C(C)c1cncs1. The third-order valence-electron chi connectivity index (χ3n) is 3.81. The fraction of sp³-hybridized carbons (Fsp3) is 0.786. The van der Waals surface area contributed by atoms with Crippen molar-refractivity contribution < 1.29 is 0 Å². The molecule has 1 aromatic rings. The van der Waals surface area contributed by atoms with E-state index in [0.29, 0.717) is 6.04 Å². The van der Waals surface area contributed by atoms with Gasteiger partial charge in [0.1, 0.15) is 0 Å². The fourth-order valence-electron chi connectivity index (χ4n) is 2.75. The van der Waals surface area contributed by atoms with E-state index in [-0.39, 0.29) is 0 Å². The number of rotatable bonds is 6. The molecule has 18 heavy (non-hydrogen) atoms. The average molecular weight is 267 g/mol. The van der Waals surface area contributed by atoms with E-state index in [4.69, 9.17) is 0 Å². The summed E-state index contributed by atoms with van der Waals surface area (Å²) in [5.74, 6) is 0.820. The average Bonchev–Trinajstić information content (AvgIpc) is 2.92. The molecule has 0 radical (unpaired) electrons. The van der Waals surface area contributed by atoms with Crippen molar-refractivity contribution in [3.63, 3.8) is 0 Å². The molecule has 0 aliphatic carbocycles. The van der Waals surface area contributed by atoms with Crippen molar-refractivity contribution in [2.75, 3.05) is 26.2 Å². The molecule has 1 N–H and O–H groups in total. The van der Waals surface area contributed by atoms with Gasteiger partial charge in [-0.3, -0.25) is 9.88 Å². The summed E-state index contributed by atoms with van der Waals surface area (Å²) in [5.41, 5.74) is 1.94. The molecule has 0 bridgehead atoms. The zero-order valence-corrected chi connectivity index (χ0v) is 12.4. The van der Waals surface area contributed by atoms with Gasteiger partial charge in [-0.05, 0) is 51.7 Å². The van der Waals surface area contributed by atoms with Crippen LogP contribution in [0.25, 0.3) is 0 Å². The Labute approximate surface area is 115 Å². The van der Waals surface area contributed by atoms with Gasteiger partial charge >= 0.3 is 0 Å². The van der Waals surface area contributed by atoms with Gasteiger partial charge < -0.3 is 5.32 Å². The molecule has 0 amide bonds. The molecule has 1 fully saturated rings. The number of hydrogen-bond donors (Lipinski definition) is 1. The minimum absolute atomic E-state index is 0.513. The number of hydrogen-bond acceptors (Lipinski definition) is 4. The molecular formula is C14H25N3S. The Morgan fingerprint density at radius 3 is 3.11 bits per heavy atom. The van der Waals surface area contributed by atoms with Crippen LogP contribution in [0.4, 0.5) is 0 Å². The van der Waals surface area contributed by atoms with Crippen molar-refractivity contribution in [1.82, 2.24) is 15.2 Å². The van der Waals surface area contributed by atoms with Gasteiger partial charge in [0.2, 0.25) is 0 Å². The van der Waals surface area contributed by atoms with Crippen LogP contribution in [0.5, 0.6) is 0 Å². The minimum atomic E-state index is 0.513. The van der Waals surface area contributed by atoms with Crippen molar-refractivity contribution in [3.05, 3.63) is 16.6 Å². The topological polar surface area (TPSA) is 28.2 Å². The van der Waals surface area contributed by atoms with E-state index in [1.54, 1.807) is 11.3 Å². The molecule has 0 spiro atoms. The van der Waals surface area contributed by atoms with Crippen LogP contribution >= 0.6 is 11.3 Å². The highest BCUT2D eigenvalue weighted by atomic mass is 32.1. The van der Waals surface area contributed by atoms with Crippen LogP contribution in [-0.4, -0.2) is 36.1 Å². The standard InChI is InChI=1S/C14H25N3S/c1-3-7-17(10-13-5-4-6-15-8-13)12(2)14-9-16-11-18-14/h9,11-13,15H,3-8,10H2,1-2H3. The molecule has 2 atom stereocenters. The zero-order valence-electron chi connectivity index (χ0n) is 11.6. The first-order valence-corrected chi connectivity index (χ1v) is 8.02. The van der Waals surface area contributed by atoms with Crippen LogP contribution in [-0.2, 0) is 0 Å². The molecule has 2 unspecified atom stereocenters. The third-order valence-corrected chi connectivity index (χ3v) is 4.76. The predicted molar refractivity (Wildman–Crippen MR) is 78.0 cm³/mol. The van der Waals surface area contributed by atoms with Gasteiger partial charge in [-0.1, -0.05) is 6.92 Å². The largest absolute Gasteiger partial charge is 0.316 e. The lowest BCUT2D eigenvalue weighted by Gasteiger charge is -2.33. The van der Waals surface area contributed by atoms with E-state index < -0.39 is 0 Å². The van der Waals surface area contributed by atoms with E-state index in [0.717, 1.165) is 5.92 Å². The second-order valence-corrected chi connectivity index (χ2v) is 6.21. The summed E-state index contributed by atoms with van der Waals surface area (Å²) in [5, 5.41) is 3.52. The van der Waals surface area contributed by atoms with E-state index in [1.807, 2.05) is 11.7 Å². The van der Waals surface area contributed by atoms with Gasteiger partial charge in [-0.15, -0.1) is 11.3 Å². The van der Waals surface area contributed by atoms with Gasteiger partial charge in [-0.2, -0.15) is 0 Å². The lowest BCUT2D eigenvalue weighted by Crippen LogP contribution is -2.39. The Bertz CT molecular complexity index is 320. The van der Waals surface area contributed by atoms with Crippen molar-refractivity contribution in [2.45, 2.75) is 39.2 Å². The van der Waals surface area contributed by atoms with Gasteiger partial charge in [-0.25, -0.2) is 0 Å². The first kappa shape index (κ1) is 14.0. The predicted octanol–water partition coefficient (Wildman–Crippen LogP) is 2.92. The van der Waals surface area contributed by atoms with E-state index in [1.165, 1.54) is 50.3 Å². The first-order valence-electron chi connectivity index (χ1n) is 7.14. The molecule has 1 aliphatic rings. The van der Waals surface area contributed by atoms with Crippen LogP contribution in [0, 0.1) is 5.92 Å². The van der Waals surface area contributed by atoms with Crippen molar-refractivity contribution in [3.8, 4) is 0 Å². The molecular weight excluding hydrogens is 242 g/mol. The second kappa shape index (κ2) is 7.22. The molecule has 1 aromatic heterocycles. The highest BCUT2D eigenvalue weighted by Gasteiger charge is 2.21. The summed E-state index contributed by atoms with van der Waals surface area (Å²) in [4.78, 5) is 8.24. The lowest BCUT2D eigenvalue weighted by atomic mass is 9.98. The lowest BCUT2D eigenvalue weighted by molar-refractivity contribution is 0.165. The van der Waals surface area contributed by atoms with Crippen LogP contribution in [0.1, 0.15) is 44.0 Å². The quantitative estimate of drug-likeness (QED) is 0.859. The monoisotopic (exact) mass is 267 g/mol. The number of nitrogens with one attached hydrogen (secondary N) is 1. The second-order valence-electron chi connectivity index (χ2n) is 5.29.